The monoisotopic (exact) mass is 206 g/mol. The highest BCUT2D eigenvalue weighted by Gasteiger charge is 2.34. The van der Waals surface area contributed by atoms with Crippen LogP contribution in [0.3, 0.4) is 0 Å². The van der Waals surface area contributed by atoms with Crippen LogP contribution in [0.1, 0.15) is 18.6 Å². The van der Waals surface area contributed by atoms with Crippen LogP contribution < -0.4 is 5.32 Å². The lowest BCUT2D eigenvalue weighted by atomic mass is 9.94. The number of piperidine rings is 1. The average molecular weight is 206 g/mol. The zero-order chi connectivity index (χ0) is 10.1. The third kappa shape index (κ3) is 1.94. The summed E-state index contributed by atoms with van der Waals surface area (Å²) in [6.07, 6.45) is 4.50. The van der Waals surface area contributed by atoms with Gasteiger partial charge in [-0.15, -0.1) is 0 Å². The highest BCUT2D eigenvalue weighted by molar-refractivity contribution is 5.00. The second-order valence-electron chi connectivity index (χ2n) is 4.74. The van der Waals surface area contributed by atoms with Crippen molar-refractivity contribution in [1.82, 2.24) is 10.2 Å². The molecule has 1 N–H and O–H groups in total. The van der Waals surface area contributed by atoms with Crippen LogP contribution in [-0.2, 0) is 6.54 Å². The molecule has 3 heteroatoms. The third-order valence-corrected chi connectivity index (χ3v) is 3.63. The molecule has 82 valence electrons. The molecule has 0 amide bonds. The number of fused-ring (bicyclic) bond motifs is 1. The molecule has 3 nitrogen and oxygen atoms in total. The number of nitrogens with zero attached hydrogens (tertiary/aromatic N) is 1. The number of rotatable bonds is 2. The third-order valence-electron chi connectivity index (χ3n) is 3.63. The van der Waals surface area contributed by atoms with Crippen LogP contribution >= 0.6 is 0 Å². The van der Waals surface area contributed by atoms with Crippen LogP contribution in [0.15, 0.2) is 22.8 Å². The Hall–Kier alpha value is -0.800. The van der Waals surface area contributed by atoms with Crippen molar-refractivity contribution in [2.75, 3.05) is 19.6 Å². The van der Waals surface area contributed by atoms with Crippen LogP contribution in [0.25, 0.3) is 0 Å². The van der Waals surface area contributed by atoms with Crippen molar-refractivity contribution < 1.29 is 4.42 Å². The van der Waals surface area contributed by atoms with Crippen LogP contribution in [0, 0.1) is 5.92 Å². The van der Waals surface area contributed by atoms with Gasteiger partial charge >= 0.3 is 0 Å². The van der Waals surface area contributed by atoms with E-state index in [0.717, 1.165) is 24.3 Å². The maximum atomic E-state index is 5.39. The Labute approximate surface area is 90.4 Å². The summed E-state index contributed by atoms with van der Waals surface area (Å²) in [6, 6.07) is 4.76. The highest BCUT2D eigenvalue weighted by Crippen LogP contribution is 2.25. The largest absolute Gasteiger partial charge is 0.468 e. The van der Waals surface area contributed by atoms with E-state index >= 15 is 0 Å². The van der Waals surface area contributed by atoms with E-state index in [1.54, 1.807) is 6.26 Å². The lowest BCUT2D eigenvalue weighted by Crippen LogP contribution is -2.40. The molecule has 0 spiro atoms. The standard InChI is InChI=1S/C12H18N2O/c1-3-10-7-14(9-12(10)13-5-1)8-11-4-2-6-15-11/h2,4,6,10,12-13H,1,3,5,7-9H2/t10-,12+/m0/s1. The first-order valence-electron chi connectivity index (χ1n) is 5.90. The quantitative estimate of drug-likeness (QED) is 0.794. The normalized spacial score (nSPS) is 31.7. The lowest BCUT2D eigenvalue weighted by molar-refractivity contribution is 0.284. The summed E-state index contributed by atoms with van der Waals surface area (Å²) >= 11 is 0. The van der Waals surface area contributed by atoms with Gasteiger partial charge in [0.15, 0.2) is 0 Å². The Kier molecular flexibility index (Phi) is 2.51. The van der Waals surface area contributed by atoms with Gasteiger partial charge in [0.25, 0.3) is 0 Å². The Bertz CT molecular complexity index is 295. The maximum absolute atomic E-state index is 5.39. The molecular weight excluding hydrogens is 188 g/mol. The minimum absolute atomic E-state index is 0.730. The molecule has 2 fully saturated rings. The first-order valence-corrected chi connectivity index (χ1v) is 5.90. The molecule has 0 saturated carbocycles. The smallest absolute Gasteiger partial charge is 0.117 e. The zero-order valence-corrected chi connectivity index (χ0v) is 8.98. The van der Waals surface area contributed by atoms with Crippen molar-refractivity contribution in [3.63, 3.8) is 0 Å². The summed E-state index contributed by atoms with van der Waals surface area (Å²) in [5.41, 5.74) is 0. The van der Waals surface area contributed by atoms with Crippen molar-refractivity contribution in [2.24, 2.45) is 5.92 Å². The van der Waals surface area contributed by atoms with Gasteiger partial charge in [0.2, 0.25) is 0 Å². The van der Waals surface area contributed by atoms with Gasteiger partial charge in [-0.05, 0) is 37.4 Å². The van der Waals surface area contributed by atoms with Crippen molar-refractivity contribution in [2.45, 2.75) is 25.4 Å². The Morgan fingerprint density at radius 3 is 3.27 bits per heavy atom. The summed E-state index contributed by atoms with van der Waals surface area (Å²) in [5.74, 6) is 1.96. The Balaban J connectivity index is 1.60. The molecule has 0 aromatic carbocycles. The molecule has 0 bridgehead atoms. The molecule has 1 aromatic rings. The highest BCUT2D eigenvalue weighted by atomic mass is 16.3. The summed E-state index contributed by atoms with van der Waals surface area (Å²) in [6.45, 7) is 4.60. The maximum Gasteiger partial charge on any atom is 0.117 e. The topological polar surface area (TPSA) is 28.4 Å². The molecule has 2 saturated heterocycles. The van der Waals surface area contributed by atoms with E-state index in [-0.39, 0.29) is 0 Å². The van der Waals surface area contributed by atoms with Gasteiger partial charge < -0.3 is 9.73 Å². The van der Waals surface area contributed by atoms with E-state index in [4.69, 9.17) is 4.42 Å². The molecule has 1 aromatic heterocycles. The number of hydrogen-bond acceptors (Lipinski definition) is 3. The fourth-order valence-electron chi connectivity index (χ4n) is 2.89. The summed E-state index contributed by atoms with van der Waals surface area (Å²) in [7, 11) is 0. The van der Waals surface area contributed by atoms with Crippen molar-refractivity contribution in [3.05, 3.63) is 24.2 Å². The second-order valence-corrected chi connectivity index (χ2v) is 4.74. The fourth-order valence-corrected chi connectivity index (χ4v) is 2.89. The van der Waals surface area contributed by atoms with E-state index in [0.29, 0.717) is 0 Å². The van der Waals surface area contributed by atoms with E-state index in [1.165, 1.54) is 32.5 Å². The average Bonchev–Trinajstić information content (AvgIpc) is 2.86. The molecule has 2 aliphatic rings. The summed E-state index contributed by atoms with van der Waals surface area (Å²) < 4.78 is 5.39. The first kappa shape index (κ1) is 9.43. The lowest BCUT2D eigenvalue weighted by Gasteiger charge is -2.24. The molecule has 2 atom stereocenters. The van der Waals surface area contributed by atoms with Crippen LogP contribution in [0.2, 0.25) is 0 Å². The van der Waals surface area contributed by atoms with Gasteiger partial charge in [-0.3, -0.25) is 4.90 Å². The second kappa shape index (κ2) is 3.99. The summed E-state index contributed by atoms with van der Waals surface area (Å²) in [4.78, 5) is 2.51. The van der Waals surface area contributed by atoms with Gasteiger partial charge in [0.05, 0.1) is 12.8 Å². The van der Waals surface area contributed by atoms with Gasteiger partial charge in [0, 0.05) is 19.1 Å². The molecule has 3 heterocycles. The Morgan fingerprint density at radius 1 is 1.47 bits per heavy atom. The number of furan rings is 1. The van der Waals surface area contributed by atoms with Gasteiger partial charge in [0.1, 0.15) is 5.76 Å². The minimum Gasteiger partial charge on any atom is -0.468 e. The molecule has 2 aliphatic heterocycles. The van der Waals surface area contributed by atoms with E-state index in [9.17, 15) is 0 Å². The predicted octanol–water partition coefficient (Wildman–Crippen LogP) is 1.46. The zero-order valence-electron chi connectivity index (χ0n) is 8.98. The van der Waals surface area contributed by atoms with Gasteiger partial charge in [-0.2, -0.15) is 0 Å². The van der Waals surface area contributed by atoms with Crippen molar-refractivity contribution in [1.29, 1.82) is 0 Å². The van der Waals surface area contributed by atoms with Gasteiger partial charge in [-0.25, -0.2) is 0 Å². The summed E-state index contributed by atoms with van der Waals surface area (Å²) in [5, 5.41) is 3.62. The van der Waals surface area contributed by atoms with Gasteiger partial charge in [-0.1, -0.05) is 0 Å². The predicted molar refractivity (Wildman–Crippen MR) is 58.5 cm³/mol. The van der Waals surface area contributed by atoms with E-state index in [2.05, 4.69) is 16.3 Å². The van der Waals surface area contributed by atoms with E-state index in [1.807, 2.05) is 6.07 Å². The molecule has 0 radical (unpaired) electrons. The molecule has 0 unspecified atom stereocenters. The SMILES string of the molecule is c1coc(CN2C[C@@H]3CCCN[C@@H]3C2)c1. The van der Waals surface area contributed by atoms with Crippen LogP contribution in [0.5, 0.6) is 0 Å². The molecular formula is C12H18N2O. The minimum atomic E-state index is 0.730. The molecule has 3 rings (SSSR count). The molecule has 15 heavy (non-hydrogen) atoms. The number of likely N-dealkylation sites (tertiary alicyclic amines) is 1. The van der Waals surface area contributed by atoms with Crippen molar-refractivity contribution >= 4 is 0 Å². The van der Waals surface area contributed by atoms with Crippen LogP contribution in [-0.4, -0.2) is 30.6 Å². The Morgan fingerprint density at radius 2 is 2.47 bits per heavy atom. The van der Waals surface area contributed by atoms with Crippen molar-refractivity contribution in [3.8, 4) is 0 Å². The number of nitrogens with one attached hydrogen (secondary N) is 1. The fraction of sp³-hybridized carbons (Fsp3) is 0.667. The first-order chi connectivity index (χ1) is 7.42. The molecule has 0 aliphatic carbocycles. The van der Waals surface area contributed by atoms with E-state index < -0.39 is 0 Å². The number of hydrogen-bond donors (Lipinski definition) is 1. The van der Waals surface area contributed by atoms with Crippen LogP contribution in [0.4, 0.5) is 0 Å².